The first-order chi connectivity index (χ1) is 9.11. The lowest BCUT2D eigenvalue weighted by atomic mass is 9.99. The Bertz CT molecular complexity index is 543. The standard InChI is InChI=1S/C13H13ClN2O2S/c14-10-3-1-2-9(6-10)7-16-11(17)13(15-12(16)18)4-5-19-8-13/h1-3,6H,4-5,7-8H2,(H,15,18)/t13-/m1/s1. The molecular formula is C13H13ClN2O2S. The van der Waals surface area contributed by atoms with E-state index in [1.165, 1.54) is 4.90 Å². The van der Waals surface area contributed by atoms with E-state index < -0.39 is 5.54 Å². The predicted octanol–water partition coefficient (Wildman–Crippen LogP) is 2.27. The van der Waals surface area contributed by atoms with E-state index in [1.54, 1.807) is 23.9 Å². The number of amides is 3. The summed E-state index contributed by atoms with van der Waals surface area (Å²) < 4.78 is 0. The molecule has 0 radical (unpaired) electrons. The molecule has 0 bridgehead atoms. The van der Waals surface area contributed by atoms with Crippen LogP contribution in [0.2, 0.25) is 5.02 Å². The lowest BCUT2D eigenvalue weighted by molar-refractivity contribution is -0.130. The summed E-state index contributed by atoms with van der Waals surface area (Å²) in [7, 11) is 0. The molecule has 0 aromatic heterocycles. The first-order valence-electron chi connectivity index (χ1n) is 6.07. The second-order valence-corrected chi connectivity index (χ2v) is 6.38. The van der Waals surface area contributed by atoms with Crippen LogP contribution in [0.4, 0.5) is 4.79 Å². The zero-order valence-electron chi connectivity index (χ0n) is 10.2. The molecule has 2 aliphatic heterocycles. The molecule has 3 rings (SSSR count). The number of nitrogens with zero attached hydrogens (tertiary/aromatic N) is 1. The van der Waals surface area contributed by atoms with E-state index >= 15 is 0 Å². The molecule has 1 N–H and O–H groups in total. The van der Waals surface area contributed by atoms with Crippen LogP contribution < -0.4 is 5.32 Å². The van der Waals surface area contributed by atoms with Gasteiger partial charge in [-0.25, -0.2) is 4.79 Å². The minimum atomic E-state index is -0.666. The smallest absolute Gasteiger partial charge is 0.322 e. The third kappa shape index (κ3) is 2.21. The summed E-state index contributed by atoms with van der Waals surface area (Å²) >= 11 is 7.62. The Hall–Kier alpha value is -1.20. The number of imide groups is 1. The average Bonchev–Trinajstić information content (AvgIpc) is 2.92. The van der Waals surface area contributed by atoms with Gasteiger partial charge >= 0.3 is 6.03 Å². The van der Waals surface area contributed by atoms with E-state index in [0.29, 0.717) is 17.2 Å². The van der Waals surface area contributed by atoms with Crippen molar-refractivity contribution < 1.29 is 9.59 Å². The van der Waals surface area contributed by atoms with Crippen LogP contribution >= 0.6 is 23.4 Å². The van der Waals surface area contributed by atoms with Gasteiger partial charge in [0, 0.05) is 10.8 Å². The summed E-state index contributed by atoms with van der Waals surface area (Å²) in [6.45, 7) is 0.275. The van der Waals surface area contributed by atoms with E-state index in [-0.39, 0.29) is 18.5 Å². The maximum atomic E-state index is 12.4. The molecule has 4 nitrogen and oxygen atoms in total. The van der Waals surface area contributed by atoms with Gasteiger partial charge < -0.3 is 5.32 Å². The number of halogens is 1. The fourth-order valence-electron chi connectivity index (χ4n) is 2.47. The van der Waals surface area contributed by atoms with E-state index in [1.807, 2.05) is 12.1 Å². The van der Waals surface area contributed by atoms with Gasteiger partial charge in [-0.05, 0) is 29.9 Å². The lowest BCUT2D eigenvalue weighted by Gasteiger charge is -2.19. The second kappa shape index (κ2) is 4.72. The highest BCUT2D eigenvalue weighted by Crippen LogP contribution is 2.34. The monoisotopic (exact) mass is 296 g/mol. The highest BCUT2D eigenvalue weighted by atomic mass is 35.5. The van der Waals surface area contributed by atoms with Gasteiger partial charge in [-0.1, -0.05) is 23.7 Å². The number of thioether (sulfide) groups is 1. The quantitative estimate of drug-likeness (QED) is 0.852. The summed E-state index contributed by atoms with van der Waals surface area (Å²) in [5, 5.41) is 3.45. The van der Waals surface area contributed by atoms with Gasteiger partial charge in [-0.15, -0.1) is 0 Å². The van der Waals surface area contributed by atoms with Crippen molar-refractivity contribution >= 4 is 35.3 Å². The normalized spacial score (nSPS) is 26.3. The van der Waals surface area contributed by atoms with Crippen molar-refractivity contribution in [3.8, 4) is 0 Å². The van der Waals surface area contributed by atoms with Crippen LogP contribution in [-0.2, 0) is 11.3 Å². The van der Waals surface area contributed by atoms with Crippen LogP contribution in [-0.4, -0.2) is 33.9 Å². The van der Waals surface area contributed by atoms with E-state index in [2.05, 4.69) is 5.32 Å². The summed E-state index contributed by atoms with van der Waals surface area (Å²) in [5.41, 5.74) is 0.194. The average molecular weight is 297 g/mol. The van der Waals surface area contributed by atoms with E-state index in [9.17, 15) is 9.59 Å². The van der Waals surface area contributed by atoms with Crippen molar-refractivity contribution in [3.63, 3.8) is 0 Å². The molecule has 2 heterocycles. The van der Waals surface area contributed by atoms with Crippen LogP contribution in [0.25, 0.3) is 0 Å². The van der Waals surface area contributed by atoms with Gasteiger partial charge in [0.2, 0.25) is 0 Å². The molecule has 0 unspecified atom stereocenters. The highest BCUT2D eigenvalue weighted by Gasteiger charge is 2.52. The molecule has 1 spiro atoms. The Morgan fingerprint density at radius 1 is 1.42 bits per heavy atom. The van der Waals surface area contributed by atoms with Crippen molar-refractivity contribution in [1.82, 2.24) is 10.2 Å². The molecule has 1 aromatic carbocycles. The number of benzene rings is 1. The first kappa shape index (κ1) is 12.8. The molecule has 1 atom stereocenters. The molecule has 2 fully saturated rings. The number of carbonyl (C=O) groups is 2. The summed E-state index contributed by atoms with van der Waals surface area (Å²) in [6.07, 6.45) is 0.717. The minimum absolute atomic E-state index is 0.109. The Labute approximate surface area is 120 Å². The highest BCUT2D eigenvalue weighted by molar-refractivity contribution is 7.99. The molecule has 0 aliphatic carbocycles. The fraction of sp³-hybridized carbons (Fsp3) is 0.385. The Kier molecular flexibility index (Phi) is 3.19. The largest absolute Gasteiger partial charge is 0.325 e. The van der Waals surface area contributed by atoms with Gasteiger partial charge in [-0.2, -0.15) is 11.8 Å². The van der Waals surface area contributed by atoms with Crippen molar-refractivity contribution in [3.05, 3.63) is 34.9 Å². The predicted molar refractivity (Wildman–Crippen MR) is 75.2 cm³/mol. The Morgan fingerprint density at radius 3 is 2.95 bits per heavy atom. The summed E-state index contributed by atoms with van der Waals surface area (Å²) in [4.78, 5) is 25.7. The minimum Gasteiger partial charge on any atom is -0.322 e. The lowest BCUT2D eigenvalue weighted by Crippen LogP contribution is -2.46. The van der Waals surface area contributed by atoms with Crippen LogP contribution in [0.1, 0.15) is 12.0 Å². The van der Waals surface area contributed by atoms with Crippen LogP contribution in [0.3, 0.4) is 0 Å². The van der Waals surface area contributed by atoms with E-state index in [0.717, 1.165) is 11.3 Å². The zero-order chi connectivity index (χ0) is 13.5. The molecule has 3 amide bonds. The number of hydrogen-bond acceptors (Lipinski definition) is 3. The molecule has 2 saturated heterocycles. The molecule has 0 saturated carbocycles. The third-order valence-corrected chi connectivity index (χ3v) is 4.92. The number of rotatable bonds is 2. The van der Waals surface area contributed by atoms with Crippen LogP contribution in [0, 0.1) is 0 Å². The number of nitrogens with one attached hydrogen (secondary N) is 1. The Morgan fingerprint density at radius 2 is 2.26 bits per heavy atom. The fourth-order valence-corrected chi connectivity index (χ4v) is 4.01. The molecule has 6 heteroatoms. The van der Waals surface area contributed by atoms with Crippen molar-refractivity contribution in [2.75, 3.05) is 11.5 Å². The summed E-state index contributed by atoms with van der Waals surface area (Å²) in [6, 6.07) is 6.92. The molecular weight excluding hydrogens is 284 g/mol. The van der Waals surface area contributed by atoms with Crippen molar-refractivity contribution in [2.24, 2.45) is 0 Å². The van der Waals surface area contributed by atoms with Gasteiger partial charge in [0.15, 0.2) is 0 Å². The second-order valence-electron chi connectivity index (χ2n) is 4.84. The third-order valence-electron chi connectivity index (χ3n) is 3.50. The molecule has 100 valence electrons. The van der Waals surface area contributed by atoms with Gasteiger partial charge in [0.25, 0.3) is 5.91 Å². The maximum Gasteiger partial charge on any atom is 0.325 e. The number of carbonyl (C=O) groups excluding carboxylic acids is 2. The van der Waals surface area contributed by atoms with Crippen LogP contribution in [0.5, 0.6) is 0 Å². The zero-order valence-corrected chi connectivity index (χ0v) is 11.8. The van der Waals surface area contributed by atoms with Crippen molar-refractivity contribution in [2.45, 2.75) is 18.5 Å². The van der Waals surface area contributed by atoms with Crippen molar-refractivity contribution in [1.29, 1.82) is 0 Å². The number of urea groups is 1. The topological polar surface area (TPSA) is 49.4 Å². The van der Waals surface area contributed by atoms with Gasteiger partial charge in [0.05, 0.1) is 6.54 Å². The van der Waals surface area contributed by atoms with Crippen LogP contribution in [0.15, 0.2) is 24.3 Å². The SMILES string of the molecule is O=C1N[C@@]2(CCSC2)C(=O)N1Cc1cccc(Cl)c1. The first-order valence-corrected chi connectivity index (χ1v) is 7.60. The van der Waals surface area contributed by atoms with E-state index in [4.69, 9.17) is 11.6 Å². The molecule has 19 heavy (non-hydrogen) atoms. The Balaban J connectivity index is 1.82. The summed E-state index contributed by atoms with van der Waals surface area (Å²) in [5.74, 6) is 1.48. The van der Waals surface area contributed by atoms with Gasteiger partial charge in [-0.3, -0.25) is 9.69 Å². The maximum absolute atomic E-state index is 12.4. The molecule has 1 aromatic rings. The molecule has 2 aliphatic rings. The van der Waals surface area contributed by atoms with Gasteiger partial charge in [0.1, 0.15) is 5.54 Å². The number of hydrogen-bond donors (Lipinski definition) is 1.